The largest absolute Gasteiger partial charge is 0.335 e. The summed E-state index contributed by atoms with van der Waals surface area (Å²) in [7, 11) is 0. The third kappa shape index (κ3) is 2.26. The first-order valence-corrected chi connectivity index (χ1v) is 5.58. The van der Waals surface area contributed by atoms with E-state index in [1.165, 1.54) is 0 Å². The molecular weight excluding hydrogens is 188 g/mol. The number of rotatable bonds is 4. The molecule has 0 saturated carbocycles. The summed E-state index contributed by atoms with van der Waals surface area (Å²) in [5, 5.41) is 3.29. The van der Waals surface area contributed by atoms with Gasteiger partial charge >= 0.3 is 0 Å². The molecule has 0 radical (unpaired) electrons. The van der Waals surface area contributed by atoms with Crippen LogP contribution in [-0.4, -0.2) is 35.6 Å². The smallest absolute Gasteiger partial charge is 0.225 e. The Hall–Kier alpha value is -1.16. The minimum absolute atomic E-state index is 0.576. The van der Waals surface area contributed by atoms with E-state index >= 15 is 0 Å². The van der Waals surface area contributed by atoms with Crippen molar-refractivity contribution in [1.29, 1.82) is 0 Å². The lowest BCUT2D eigenvalue weighted by Gasteiger charge is -2.38. The molecular formula is C11H18N4. The molecule has 4 nitrogen and oxygen atoms in total. The Bertz CT molecular complexity index is 322. The molecule has 1 saturated heterocycles. The van der Waals surface area contributed by atoms with Gasteiger partial charge in [-0.3, -0.25) is 0 Å². The molecule has 0 amide bonds. The summed E-state index contributed by atoms with van der Waals surface area (Å²) in [6.07, 6.45) is 2.97. The number of aromatic nitrogens is 2. The Kier molecular flexibility index (Phi) is 3.16. The van der Waals surface area contributed by atoms with E-state index in [0.29, 0.717) is 6.04 Å². The molecule has 1 aliphatic rings. The summed E-state index contributed by atoms with van der Waals surface area (Å²) in [5.41, 5.74) is 1.04. The van der Waals surface area contributed by atoms with Crippen molar-refractivity contribution >= 4 is 5.95 Å². The number of anilines is 1. The van der Waals surface area contributed by atoms with Crippen molar-refractivity contribution in [2.45, 2.75) is 26.3 Å². The van der Waals surface area contributed by atoms with Crippen LogP contribution in [0.25, 0.3) is 0 Å². The Balaban J connectivity index is 2.15. The van der Waals surface area contributed by atoms with Gasteiger partial charge in [0.2, 0.25) is 5.95 Å². The molecule has 2 rings (SSSR count). The molecule has 4 heteroatoms. The van der Waals surface area contributed by atoms with Crippen molar-refractivity contribution in [3.8, 4) is 0 Å². The van der Waals surface area contributed by atoms with Gasteiger partial charge in [-0.15, -0.1) is 0 Å². The van der Waals surface area contributed by atoms with Gasteiger partial charge in [0, 0.05) is 31.5 Å². The molecule has 0 aliphatic carbocycles. The van der Waals surface area contributed by atoms with E-state index in [9.17, 15) is 0 Å². The summed E-state index contributed by atoms with van der Waals surface area (Å²) in [5.74, 6) is 0.878. The molecule has 0 bridgehead atoms. The van der Waals surface area contributed by atoms with Gasteiger partial charge in [-0.2, -0.15) is 0 Å². The second kappa shape index (κ2) is 4.57. The molecule has 0 unspecified atom stereocenters. The van der Waals surface area contributed by atoms with E-state index in [1.807, 2.05) is 19.2 Å². The van der Waals surface area contributed by atoms with Crippen LogP contribution in [0.3, 0.4) is 0 Å². The van der Waals surface area contributed by atoms with Crippen LogP contribution in [0.4, 0.5) is 5.95 Å². The number of hydrogen-bond donors (Lipinski definition) is 1. The predicted octanol–water partition coefficient (Wildman–Crippen LogP) is 0.973. The summed E-state index contributed by atoms with van der Waals surface area (Å²) < 4.78 is 0. The van der Waals surface area contributed by atoms with Gasteiger partial charge in [0.25, 0.3) is 0 Å². The lowest BCUT2D eigenvalue weighted by atomic mass is 10.1. The fraction of sp³-hybridized carbons (Fsp3) is 0.636. The molecule has 1 fully saturated rings. The van der Waals surface area contributed by atoms with Crippen molar-refractivity contribution in [3.05, 3.63) is 18.0 Å². The SMILES string of the molecule is CCCN(c1nccc(C)n1)C1CNC1. The quantitative estimate of drug-likeness (QED) is 0.797. The molecule has 2 heterocycles. The van der Waals surface area contributed by atoms with Crippen LogP contribution < -0.4 is 10.2 Å². The molecule has 0 atom stereocenters. The third-order valence-electron chi connectivity index (χ3n) is 2.70. The van der Waals surface area contributed by atoms with Gasteiger partial charge in [0.15, 0.2) is 0 Å². The Morgan fingerprint density at radius 1 is 1.53 bits per heavy atom. The van der Waals surface area contributed by atoms with E-state index in [4.69, 9.17) is 0 Å². The van der Waals surface area contributed by atoms with Crippen LogP contribution in [0.15, 0.2) is 12.3 Å². The van der Waals surface area contributed by atoms with Crippen LogP contribution in [0.1, 0.15) is 19.0 Å². The highest BCUT2D eigenvalue weighted by atomic mass is 15.3. The van der Waals surface area contributed by atoms with Crippen LogP contribution in [0.2, 0.25) is 0 Å². The summed E-state index contributed by atoms with van der Waals surface area (Å²) in [6.45, 7) is 7.34. The maximum atomic E-state index is 4.48. The minimum Gasteiger partial charge on any atom is -0.335 e. The maximum Gasteiger partial charge on any atom is 0.225 e. The molecule has 82 valence electrons. The monoisotopic (exact) mass is 206 g/mol. The summed E-state index contributed by atoms with van der Waals surface area (Å²) >= 11 is 0. The van der Waals surface area contributed by atoms with Crippen molar-refractivity contribution in [3.63, 3.8) is 0 Å². The van der Waals surface area contributed by atoms with E-state index in [2.05, 4.69) is 27.1 Å². The van der Waals surface area contributed by atoms with Crippen LogP contribution in [0, 0.1) is 6.92 Å². The predicted molar refractivity (Wildman–Crippen MR) is 61.1 cm³/mol. The zero-order chi connectivity index (χ0) is 10.7. The van der Waals surface area contributed by atoms with Gasteiger partial charge in [-0.25, -0.2) is 9.97 Å². The second-order valence-corrected chi connectivity index (χ2v) is 4.00. The number of nitrogens with one attached hydrogen (secondary N) is 1. The van der Waals surface area contributed by atoms with Crippen molar-refractivity contribution in [2.75, 3.05) is 24.5 Å². The van der Waals surface area contributed by atoms with Crippen LogP contribution >= 0.6 is 0 Å². The van der Waals surface area contributed by atoms with Gasteiger partial charge in [0.05, 0.1) is 6.04 Å². The van der Waals surface area contributed by atoms with E-state index < -0.39 is 0 Å². The average Bonchev–Trinajstić information content (AvgIpc) is 2.14. The first-order valence-electron chi connectivity index (χ1n) is 5.58. The lowest BCUT2D eigenvalue weighted by molar-refractivity contribution is 0.408. The van der Waals surface area contributed by atoms with E-state index in [1.54, 1.807) is 0 Å². The van der Waals surface area contributed by atoms with Crippen LogP contribution in [0.5, 0.6) is 0 Å². The second-order valence-electron chi connectivity index (χ2n) is 4.00. The molecule has 15 heavy (non-hydrogen) atoms. The van der Waals surface area contributed by atoms with Crippen molar-refractivity contribution in [2.24, 2.45) is 0 Å². The van der Waals surface area contributed by atoms with E-state index in [0.717, 1.165) is 37.7 Å². The standard InChI is InChI=1S/C11H18N4/c1-3-6-15(10-7-12-8-10)11-13-5-4-9(2)14-11/h4-5,10,12H,3,6-8H2,1-2H3. The number of nitrogens with zero attached hydrogens (tertiary/aromatic N) is 3. The normalized spacial score (nSPS) is 16.1. The lowest BCUT2D eigenvalue weighted by Crippen LogP contribution is -2.58. The topological polar surface area (TPSA) is 41.1 Å². The first-order chi connectivity index (χ1) is 7.31. The van der Waals surface area contributed by atoms with Gasteiger partial charge in [-0.05, 0) is 19.4 Å². The molecule has 0 aromatic carbocycles. The third-order valence-corrected chi connectivity index (χ3v) is 2.70. The van der Waals surface area contributed by atoms with Crippen molar-refractivity contribution < 1.29 is 0 Å². The molecule has 1 aliphatic heterocycles. The highest BCUT2D eigenvalue weighted by Gasteiger charge is 2.25. The highest BCUT2D eigenvalue weighted by Crippen LogP contribution is 2.14. The number of hydrogen-bond acceptors (Lipinski definition) is 4. The average molecular weight is 206 g/mol. The first kappa shape index (κ1) is 10.4. The summed E-state index contributed by atoms with van der Waals surface area (Å²) in [4.78, 5) is 11.1. The fourth-order valence-corrected chi connectivity index (χ4v) is 1.75. The molecule has 1 aromatic heterocycles. The Morgan fingerprint density at radius 3 is 2.87 bits per heavy atom. The summed E-state index contributed by atoms with van der Waals surface area (Å²) in [6, 6.07) is 2.51. The Labute approximate surface area is 90.7 Å². The van der Waals surface area contributed by atoms with Crippen molar-refractivity contribution in [1.82, 2.24) is 15.3 Å². The fourth-order valence-electron chi connectivity index (χ4n) is 1.75. The maximum absolute atomic E-state index is 4.48. The van der Waals surface area contributed by atoms with Crippen LogP contribution in [-0.2, 0) is 0 Å². The number of aryl methyl sites for hydroxylation is 1. The highest BCUT2D eigenvalue weighted by molar-refractivity contribution is 5.33. The molecule has 1 N–H and O–H groups in total. The van der Waals surface area contributed by atoms with E-state index in [-0.39, 0.29) is 0 Å². The minimum atomic E-state index is 0.576. The molecule has 0 spiro atoms. The van der Waals surface area contributed by atoms with Gasteiger partial charge in [-0.1, -0.05) is 6.92 Å². The Morgan fingerprint density at radius 2 is 2.33 bits per heavy atom. The molecule has 1 aromatic rings. The zero-order valence-corrected chi connectivity index (χ0v) is 9.40. The van der Waals surface area contributed by atoms with Gasteiger partial charge in [0.1, 0.15) is 0 Å². The zero-order valence-electron chi connectivity index (χ0n) is 9.40. The van der Waals surface area contributed by atoms with Gasteiger partial charge < -0.3 is 10.2 Å².